The number of hydrogen-bond donors (Lipinski definition) is 2. The zero-order chi connectivity index (χ0) is 35.9. The Kier molecular flexibility index (Phi) is 14.9. The molecule has 0 bridgehead atoms. The molecule has 266 valence electrons. The van der Waals surface area contributed by atoms with Gasteiger partial charge in [0.2, 0.25) is 0 Å². The van der Waals surface area contributed by atoms with Gasteiger partial charge in [-0.2, -0.15) is 0 Å². The van der Waals surface area contributed by atoms with Crippen LogP contribution in [-0.2, 0) is 44.7 Å². The number of Topliss-reactive ketones (excluding diaryl/α,β-unsaturated/α-hetero) is 2. The molecule has 4 aromatic rings. The van der Waals surface area contributed by atoms with Crippen molar-refractivity contribution in [3.8, 4) is 34.1 Å². The molecule has 8 heteroatoms. The lowest BCUT2D eigenvalue weighted by Crippen LogP contribution is -2.17. The number of carbonyl (C=O) groups is 2. The van der Waals surface area contributed by atoms with Crippen LogP contribution in [-0.4, -0.2) is 62.4 Å². The minimum absolute atomic E-state index is 0.107. The smallest absolute Gasteiger partial charge is 0.165 e. The number of rotatable bonds is 21. The van der Waals surface area contributed by atoms with Crippen molar-refractivity contribution in [1.29, 1.82) is 0 Å². The Labute approximate surface area is 296 Å². The molecule has 0 fully saturated rings. The summed E-state index contributed by atoms with van der Waals surface area (Å²) in [7, 11) is 6.19. The molecule has 2 atom stereocenters. The number of phenols is 2. The second-order valence-electron chi connectivity index (χ2n) is 12.6. The molecule has 0 aliphatic rings. The van der Waals surface area contributed by atoms with Gasteiger partial charge in [-0.15, -0.1) is 0 Å². The van der Waals surface area contributed by atoms with Crippen LogP contribution < -0.4 is 9.47 Å². The van der Waals surface area contributed by atoms with Crippen LogP contribution >= 0.6 is 0 Å². The van der Waals surface area contributed by atoms with Gasteiger partial charge >= 0.3 is 0 Å². The summed E-state index contributed by atoms with van der Waals surface area (Å²) in [4.78, 5) is 25.5. The molecule has 0 saturated carbocycles. The van der Waals surface area contributed by atoms with E-state index in [0.29, 0.717) is 75.3 Å². The second kappa shape index (κ2) is 19.5. The number of aromatic hydroxyl groups is 2. The van der Waals surface area contributed by atoms with Gasteiger partial charge in [0, 0.05) is 51.0 Å². The highest BCUT2D eigenvalue weighted by Crippen LogP contribution is 2.46. The summed E-state index contributed by atoms with van der Waals surface area (Å²) < 4.78 is 22.4. The van der Waals surface area contributed by atoms with E-state index in [1.54, 1.807) is 26.4 Å². The Balaban J connectivity index is 1.45. The molecule has 2 N–H and O–H groups in total. The first-order chi connectivity index (χ1) is 24.2. The maximum Gasteiger partial charge on any atom is 0.165 e. The minimum Gasteiger partial charge on any atom is -0.504 e. The van der Waals surface area contributed by atoms with E-state index in [1.165, 1.54) is 14.2 Å². The summed E-state index contributed by atoms with van der Waals surface area (Å²) in [5, 5.41) is 22.5. The van der Waals surface area contributed by atoms with E-state index >= 15 is 0 Å². The van der Waals surface area contributed by atoms with Crippen molar-refractivity contribution in [2.45, 2.75) is 76.4 Å². The molecule has 0 aromatic heterocycles. The van der Waals surface area contributed by atoms with Gasteiger partial charge in [-0.05, 0) is 85.0 Å². The first-order valence-electron chi connectivity index (χ1n) is 17.2. The molecular weight excluding hydrogens is 632 g/mol. The molecule has 0 aliphatic heterocycles. The second-order valence-corrected chi connectivity index (χ2v) is 12.6. The van der Waals surface area contributed by atoms with Crippen molar-refractivity contribution in [3.05, 3.63) is 107 Å². The van der Waals surface area contributed by atoms with Crippen LogP contribution in [0.25, 0.3) is 11.1 Å². The Morgan fingerprint density at radius 2 is 0.920 bits per heavy atom. The van der Waals surface area contributed by atoms with Crippen molar-refractivity contribution < 1.29 is 38.7 Å². The zero-order valence-corrected chi connectivity index (χ0v) is 29.7. The lowest BCUT2D eigenvalue weighted by atomic mass is 9.93. The molecule has 0 unspecified atom stereocenters. The number of ether oxygens (including phenoxy) is 4. The van der Waals surface area contributed by atoms with E-state index in [9.17, 15) is 19.8 Å². The number of methoxy groups -OCH3 is 4. The molecule has 8 nitrogen and oxygen atoms in total. The SMILES string of the molecule is COc1cc(CC[C@H](CC(=O)CCc2ccccc2)OC)cc(-c2cc(CC[C@H](CC(=O)CCc3ccccc3)OC)cc(OC)c2O)c1O. The predicted octanol–water partition coefficient (Wildman–Crippen LogP) is 7.86. The van der Waals surface area contributed by atoms with Crippen LogP contribution in [0.3, 0.4) is 0 Å². The van der Waals surface area contributed by atoms with Crippen LogP contribution in [0.5, 0.6) is 23.0 Å². The van der Waals surface area contributed by atoms with E-state index in [2.05, 4.69) is 0 Å². The molecule has 0 saturated heterocycles. The largest absolute Gasteiger partial charge is 0.504 e. The first kappa shape index (κ1) is 38.1. The van der Waals surface area contributed by atoms with Gasteiger partial charge in [-0.25, -0.2) is 0 Å². The Bertz CT molecular complexity index is 1540. The van der Waals surface area contributed by atoms with Crippen LogP contribution in [0.4, 0.5) is 0 Å². The van der Waals surface area contributed by atoms with E-state index in [4.69, 9.17) is 18.9 Å². The standard InChI is InChI=1S/C42H50O8/c1-47-35(27-33(43)19-15-29-11-7-5-8-12-29)21-17-31-23-37(41(45)39(25-31)49-3)38-24-32(26-40(50-4)42(38)46)18-22-36(48-2)28-34(44)20-16-30-13-9-6-10-14-30/h5-14,23-26,35-36,45-46H,15-22,27-28H2,1-4H3/t35-,36-/m1/s1. The number of phenolic OH excluding ortho intramolecular Hbond substituents is 2. The molecule has 0 amide bonds. The highest BCUT2D eigenvalue weighted by Gasteiger charge is 2.21. The third kappa shape index (κ3) is 11.2. The van der Waals surface area contributed by atoms with Crippen molar-refractivity contribution in [3.63, 3.8) is 0 Å². The number of benzene rings is 4. The quantitative estimate of drug-likeness (QED) is 0.0914. The normalized spacial score (nSPS) is 12.3. The molecule has 0 radical (unpaired) electrons. The third-order valence-corrected chi connectivity index (χ3v) is 9.16. The fraction of sp³-hybridized carbons (Fsp3) is 0.381. The van der Waals surface area contributed by atoms with Gasteiger partial charge in [0.15, 0.2) is 23.0 Å². The molecular formula is C42H50O8. The van der Waals surface area contributed by atoms with Crippen molar-refractivity contribution in [2.75, 3.05) is 28.4 Å². The van der Waals surface area contributed by atoms with Gasteiger partial charge in [0.1, 0.15) is 11.6 Å². The number of ketones is 2. The summed E-state index contributed by atoms with van der Waals surface area (Å²) in [6.07, 6.45) is 4.66. The van der Waals surface area contributed by atoms with Crippen molar-refractivity contribution in [2.24, 2.45) is 0 Å². The van der Waals surface area contributed by atoms with Crippen LogP contribution in [0, 0.1) is 0 Å². The summed E-state index contributed by atoms with van der Waals surface area (Å²) in [6.45, 7) is 0. The maximum atomic E-state index is 12.8. The molecule has 0 spiro atoms. The average molecular weight is 683 g/mol. The van der Waals surface area contributed by atoms with Crippen LogP contribution in [0.15, 0.2) is 84.9 Å². The zero-order valence-electron chi connectivity index (χ0n) is 29.7. The lowest BCUT2D eigenvalue weighted by Gasteiger charge is -2.19. The highest BCUT2D eigenvalue weighted by molar-refractivity contribution is 5.81. The van der Waals surface area contributed by atoms with Crippen molar-refractivity contribution in [1.82, 2.24) is 0 Å². The van der Waals surface area contributed by atoms with Crippen LogP contribution in [0.1, 0.15) is 60.8 Å². The number of carbonyl (C=O) groups excluding carboxylic acids is 2. The summed E-state index contributed by atoms with van der Waals surface area (Å²) in [5.74, 6) is 0.606. The maximum absolute atomic E-state index is 12.8. The Morgan fingerprint density at radius 1 is 0.540 bits per heavy atom. The first-order valence-corrected chi connectivity index (χ1v) is 17.2. The fourth-order valence-electron chi connectivity index (χ4n) is 6.17. The van der Waals surface area contributed by atoms with Gasteiger partial charge in [0.05, 0.1) is 26.4 Å². The van der Waals surface area contributed by atoms with E-state index in [1.807, 2.05) is 72.8 Å². The Morgan fingerprint density at radius 3 is 1.26 bits per heavy atom. The molecule has 0 heterocycles. The Hall–Kier alpha value is -4.66. The minimum atomic E-state index is -0.266. The molecule has 4 rings (SSSR count). The molecule has 50 heavy (non-hydrogen) atoms. The van der Waals surface area contributed by atoms with E-state index in [-0.39, 0.29) is 46.8 Å². The van der Waals surface area contributed by atoms with Gasteiger partial charge in [-0.1, -0.05) is 60.7 Å². The number of aryl methyl sites for hydroxylation is 4. The van der Waals surface area contributed by atoms with Gasteiger partial charge < -0.3 is 29.2 Å². The monoisotopic (exact) mass is 682 g/mol. The fourth-order valence-corrected chi connectivity index (χ4v) is 6.17. The molecule has 4 aromatic carbocycles. The predicted molar refractivity (Wildman–Crippen MR) is 195 cm³/mol. The van der Waals surface area contributed by atoms with Crippen molar-refractivity contribution >= 4 is 11.6 Å². The summed E-state index contributed by atoms with van der Waals surface area (Å²) >= 11 is 0. The molecule has 0 aliphatic carbocycles. The van der Waals surface area contributed by atoms with E-state index < -0.39 is 0 Å². The highest BCUT2D eigenvalue weighted by atomic mass is 16.5. The average Bonchev–Trinajstić information content (AvgIpc) is 3.15. The third-order valence-electron chi connectivity index (χ3n) is 9.16. The van der Waals surface area contributed by atoms with E-state index in [0.717, 1.165) is 22.3 Å². The summed E-state index contributed by atoms with van der Waals surface area (Å²) in [6, 6.07) is 27.1. The lowest BCUT2D eigenvalue weighted by molar-refractivity contribution is -0.122. The van der Waals surface area contributed by atoms with Crippen LogP contribution in [0.2, 0.25) is 0 Å². The van der Waals surface area contributed by atoms with Gasteiger partial charge in [0.25, 0.3) is 0 Å². The summed E-state index contributed by atoms with van der Waals surface area (Å²) in [5.41, 5.74) is 4.75. The number of hydrogen-bond acceptors (Lipinski definition) is 8. The topological polar surface area (TPSA) is 112 Å². The van der Waals surface area contributed by atoms with Gasteiger partial charge in [-0.3, -0.25) is 9.59 Å².